The molecule has 0 aromatic carbocycles. The Labute approximate surface area is 495 Å². The molecule has 6 aliphatic heterocycles. The number of carbonyl (C=O) groups excluding carboxylic acids is 2. The van der Waals surface area contributed by atoms with Crippen LogP contribution in [0.15, 0.2) is 34.5 Å². The molecule has 6 fully saturated rings. The molecule has 0 aromatic heterocycles. The van der Waals surface area contributed by atoms with E-state index in [2.05, 4.69) is 161 Å². The summed E-state index contributed by atoms with van der Waals surface area (Å²) in [4.78, 5) is 26.4. The Bertz CT molecular complexity index is 2100. The maximum absolute atomic E-state index is 15.3. The van der Waals surface area contributed by atoms with Gasteiger partial charge < -0.3 is 56.0 Å². The lowest BCUT2D eigenvalue weighted by Crippen LogP contribution is -2.69. The van der Waals surface area contributed by atoms with Crippen LogP contribution < -0.4 is 0 Å². The fourth-order valence-corrected chi connectivity index (χ4v) is 16.4. The van der Waals surface area contributed by atoms with E-state index in [1.165, 1.54) is 0 Å². The second kappa shape index (κ2) is 26.6. The number of Topliss-reactive ketones (excluding diaryl/α,β-unsaturated/α-hetero) is 1. The van der Waals surface area contributed by atoms with Gasteiger partial charge in [-0.15, -0.1) is 0 Å². The van der Waals surface area contributed by atoms with Crippen LogP contribution in [0.5, 0.6) is 0 Å². The molecule has 0 aliphatic carbocycles. The highest BCUT2D eigenvalue weighted by molar-refractivity contribution is 14.1. The second-order valence-corrected chi connectivity index (χ2v) is 44.5. The van der Waals surface area contributed by atoms with Crippen molar-refractivity contribution in [2.24, 2.45) is 17.8 Å². The summed E-state index contributed by atoms with van der Waals surface area (Å²) in [5, 5.41) is -0.231. The van der Waals surface area contributed by atoms with Crippen molar-refractivity contribution in [2.45, 2.75) is 312 Å². The van der Waals surface area contributed by atoms with Crippen LogP contribution >= 0.6 is 22.6 Å². The first kappa shape index (κ1) is 67.6. The number of hydrogen-bond donors (Lipinski definition) is 0. The standard InChI is InChI=1S/C62H109IO13Si3/c1-38-32-43(25-27-47-39(2)33-42(68-47)24-23-31-64)69-50(40(38)3)36-51-53(54(66-16)52(71-51)35-45-37-67-62(14,15)73-45)41(4)46(65)34-44-26-28-48-55(70-44)57(75-78(19,20)60(8,9)10)58(76-79(21,22)61(11,12)13)56(72-48)49(29-30-63)74-77(17,18)59(5,6)7/h29-31,38,41-45,47-58H,2-3,23-28,32-37H2,1,4-22H3/b30-29+/t38-,41+,42+,43+,44-,45+,47+,48+,49?,50-,51+,52-,53+,54+,55+,56?,57?,58?/m1/s1. The minimum Gasteiger partial charge on any atom is -0.408 e. The van der Waals surface area contributed by atoms with Crippen molar-refractivity contribution < 1.29 is 60.8 Å². The van der Waals surface area contributed by atoms with Gasteiger partial charge in [-0.3, -0.25) is 4.79 Å². The van der Waals surface area contributed by atoms with Gasteiger partial charge in [-0.2, -0.15) is 0 Å². The van der Waals surface area contributed by atoms with E-state index < -0.39 is 61.1 Å². The van der Waals surface area contributed by atoms with Gasteiger partial charge in [0.05, 0.1) is 73.8 Å². The molecule has 0 N–H and O–H groups in total. The first-order chi connectivity index (χ1) is 36.4. The van der Waals surface area contributed by atoms with Crippen molar-refractivity contribution in [1.82, 2.24) is 0 Å². The highest BCUT2D eigenvalue weighted by atomic mass is 127. The van der Waals surface area contributed by atoms with Crippen LogP contribution in [0.2, 0.25) is 54.4 Å². The Morgan fingerprint density at radius 1 is 0.759 bits per heavy atom. The van der Waals surface area contributed by atoms with Gasteiger partial charge >= 0.3 is 0 Å². The van der Waals surface area contributed by atoms with Crippen molar-refractivity contribution in [2.75, 3.05) is 13.7 Å². The zero-order chi connectivity index (χ0) is 59.0. The topological polar surface area (TPSA) is 136 Å². The monoisotopic (exact) mass is 1270 g/mol. The van der Waals surface area contributed by atoms with E-state index in [-0.39, 0.29) is 106 Å². The van der Waals surface area contributed by atoms with E-state index in [1.54, 1.807) is 7.11 Å². The fraction of sp³-hybridized carbons (Fsp3) is 0.871. The summed E-state index contributed by atoms with van der Waals surface area (Å²) in [6.07, 6.45) is 5.89. The molecule has 4 unspecified atom stereocenters. The van der Waals surface area contributed by atoms with Gasteiger partial charge in [-0.05, 0) is 140 Å². The number of ether oxygens (including phenoxy) is 8. The molecule has 0 saturated carbocycles. The lowest BCUT2D eigenvalue weighted by atomic mass is 9.76. The third-order valence-electron chi connectivity index (χ3n) is 20.1. The summed E-state index contributed by atoms with van der Waals surface area (Å²) in [5.41, 5.74) is 2.15. The molecular formula is C62H109IO13Si3. The molecule has 6 aliphatic rings. The predicted octanol–water partition coefficient (Wildman–Crippen LogP) is 14.2. The average Bonchev–Trinajstić information content (AvgIpc) is 4.08. The lowest BCUT2D eigenvalue weighted by Gasteiger charge is -2.56. The Morgan fingerprint density at radius 3 is 1.95 bits per heavy atom. The quantitative estimate of drug-likeness (QED) is 0.0416. The zero-order valence-corrected chi connectivity index (χ0v) is 57.9. The highest BCUT2D eigenvalue weighted by Gasteiger charge is 2.59. The number of fused-ring (bicyclic) bond motifs is 1. The lowest BCUT2D eigenvalue weighted by molar-refractivity contribution is -0.266. The molecule has 0 amide bonds. The normalized spacial score (nSPS) is 36.0. The van der Waals surface area contributed by atoms with Crippen molar-refractivity contribution in [3.05, 3.63) is 34.5 Å². The predicted molar refractivity (Wildman–Crippen MR) is 330 cm³/mol. The van der Waals surface area contributed by atoms with Gasteiger partial charge in [0.15, 0.2) is 30.7 Å². The number of aldehydes is 1. The van der Waals surface area contributed by atoms with Crippen LogP contribution in [-0.4, -0.2) is 148 Å². The van der Waals surface area contributed by atoms with E-state index in [4.69, 9.17) is 51.2 Å². The smallest absolute Gasteiger partial charge is 0.193 e. The summed E-state index contributed by atoms with van der Waals surface area (Å²) in [6, 6.07) is 0. The van der Waals surface area contributed by atoms with Gasteiger partial charge in [0, 0.05) is 44.6 Å². The van der Waals surface area contributed by atoms with Crippen LogP contribution in [0.25, 0.3) is 0 Å². The van der Waals surface area contributed by atoms with Crippen LogP contribution in [0.3, 0.4) is 0 Å². The van der Waals surface area contributed by atoms with Gasteiger partial charge in [-0.25, -0.2) is 0 Å². The summed E-state index contributed by atoms with van der Waals surface area (Å²) in [5.74, 6) is -1.06. The van der Waals surface area contributed by atoms with E-state index >= 15 is 4.79 Å². The Balaban J connectivity index is 1.27. The molecule has 0 bridgehead atoms. The van der Waals surface area contributed by atoms with Crippen molar-refractivity contribution in [3.8, 4) is 0 Å². The molecule has 0 radical (unpaired) electrons. The minimum atomic E-state index is -2.48. The molecule has 6 rings (SSSR count). The number of halogens is 1. The number of rotatable bonds is 23. The summed E-state index contributed by atoms with van der Waals surface area (Å²) >= 11 is 2.31. The molecule has 6 heterocycles. The summed E-state index contributed by atoms with van der Waals surface area (Å²) in [6.45, 7) is 52.0. The first-order valence-corrected chi connectivity index (χ1v) is 40.1. The maximum Gasteiger partial charge on any atom is 0.193 e. The Hall–Kier alpha value is -0.499. The summed E-state index contributed by atoms with van der Waals surface area (Å²) < 4.78 is 78.8. The van der Waals surface area contributed by atoms with Crippen LogP contribution in [0.4, 0.5) is 0 Å². The summed E-state index contributed by atoms with van der Waals surface area (Å²) in [7, 11) is -5.53. The van der Waals surface area contributed by atoms with Gasteiger partial charge in [0.2, 0.25) is 0 Å². The van der Waals surface area contributed by atoms with E-state index in [0.717, 1.165) is 49.5 Å². The molecular weight excluding hydrogens is 1160 g/mol. The van der Waals surface area contributed by atoms with Crippen molar-refractivity contribution in [3.63, 3.8) is 0 Å². The number of ketones is 1. The van der Waals surface area contributed by atoms with Gasteiger partial charge in [-0.1, -0.05) is 112 Å². The van der Waals surface area contributed by atoms with Crippen LogP contribution in [0.1, 0.15) is 161 Å². The Kier molecular flexibility index (Phi) is 22.8. The minimum absolute atomic E-state index is 0.00360. The van der Waals surface area contributed by atoms with Crippen LogP contribution in [0, 0.1) is 17.8 Å². The SMILES string of the molecule is C=C1C[C@H](CCC=O)O[C@H]1CC[C@H]1C[C@@H](C)C(=C)[C@@H](C[C@@H]2O[C@H](C[C@H]3COC(C)(C)O3)[C@H](OC)[C@H]2[C@@H](C)C(=O)C[C@H]2CC[C@@H]3OC(C(/C=C/I)O[Si](C)(C)C(C)(C)C)C(O[Si](C)(C)C(C)(C)C)C(O[Si](C)(C)C(C)(C)C)[C@H]3O2)O1. The first-order valence-electron chi connectivity index (χ1n) is 30.2. The third-order valence-corrected chi connectivity index (χ3v) is 33.9. The van der Waals surface area contributed by atoms with E-state index in [0.29, 0.717) is 38.7 Å². The molecule has 18 atom stereocenters. The van der Waals surface area contributed by atoms with E-state index in [9.17, 15) is 4.79 Å². The van der Waals surface area contributed by atoms with Gasteiger partial charge in [0.25, 0.3) is 0 Å². The number of hydrogen-bond acceptors (Lipinski definition) is 13. The molecule has 0 aromatic rings. The number of carbonyl (C=O) groups is 2. The fourth-order valence-electron chi connectivity index (χ4n) is 12.1. The van der Waals surface area contributed by atoms with Crippen LogP contribution in [-0.2, 0) is 60.8 Å². The average molecular weight is 1270 g/mol. The molecule has 6 saturated heterocycles. The molecule has 17 heteroatoms. The van der Waals surface area contributed by atoms with Crippen molar-refractivity contribution in [1.29, 1.82) is 0 Å². The third kappa shape index (κ3) is 16.5. The number of methoxy groups -OCH3 is 1. The molecule has 13 nitrogen and oxygen atoms in total. The largest absolute Gasteiger partial charge is 0.408 e. The highest BCUT2D eigenvalue weighted by Crippen LogP contribution is 2.49. The molecule has 0 spiro atoms. The molecule has 454 valence electrons. The van der Waals surface area contributed by atoms with Gasteiger partial charge in [0.1, 0.15) is 36.5 Å². The zero-order valence-electron chi connectivity index (χ0n) is 52.7. The van der Waals surface area contributed by atoms with Crippen molar-refractivity contribution >= 4 is 59.6 Å². The second-order valence-electron chi connectivity index (χ2n) is 29.5. The Morgan fingerprint density at radius 2 is 1.38 bits per heavy atom. The van der Waals surface area contributed by atoms with E-state index in [1.807, 2.05) is 13.8 Å². The molecule has 79 heavy (non-hydrogen) atoms. The maximum atomic E-state index is 15.3.